The molecule has 2 aromatic carbocycles. The number of benzene rings is 2. The van der Waals surface area contributed by atoms with E-state index < -0.39 is 34.4 Å². The molecule has 0 fully saturated rings. The number of pyridine rings is 1. The van der Waals surface area contributed by atoms with Crippen LogP contribution in [0, 0.1) is 0 Å². The van der Waals surface area contributed by atoms with Gasteiger partial charge in [0, 0.05) is 31.0 Å². The number of β-amino-alcohol motifs (C(OH)–C–C–N with tert-alkyl or cyclic N) is 1. The van der Waals surface area contributed by atoms with E-state index in [4.69, 9.17) is 4.74 Å². The third-order valence-corrected chi connectivity index (χ3v) is 9.33. The maximum atomic E-state index is 13.9. The van der Waals surface area contributed by atoms with E-state index in [1.165, 1.54) is 16.4 Å². The molecular formula is C33H41N3O6S. The highest BCUT2D eigenvalue weighted by Gasteiger charge is 2.31. The Kier molecular flexibility index (Phi) is 12.3. The van der Waals surface area contributed by atoms with Gasteiger partial charge in [-0.2, -0.15) is 4.31 Å². The normalized spacial score (nSPS) is 20.1. The van der Waals surface area contributed by atoms with E-state index in [2.05, 4.69) is 22.5 Å². The van der Waals surface area contributed by atoms with Gasteiger partial charge >= 0.3 is 6.09 Å². The summed E-state index contributed by atoms with van der Waals surface area (Å²) in [5.41, 5.74) is 2.13. The van der Waals surface area contributed by atoms with Crippen molar-refractivity contribution in [3.63, 3.8) is 0 Å². The second-order valence-corrected chi connectivity index (χ2v) is 12.7. The average Bonchev–Trinajstić information content (AvgIpc) is 3.02. The smallest absolute Gasteiger partial charge is 0.407 e. The number of ether oxygens (including phenoxy) is 1. The monoisotopic (exact) mass is 607 g/mol. The van der Waals surface area contributed by atoms with Crippen LogP contribution in [0.2, 0.25) is 0 Å². The van der Waals surface area contributed by atoms with Gasteiger partial charge in [0.15, 0.2) is 0 Å². The summed E-state index contributed by atoms with van der Waals surface area (Å²) < 4.78 is 34.5. The molecule has 1 aromatic heterocycles. The van der Waals surface area contributed by atoms with Crippen molar-refractivity contribution in [2.24, 2.45) is 0 Å². The molecule has 0 saturated heterocycles. The van der Waals surface area contributed by atoms with Crippen LogP contribution in [0.3, 0.4) is 0 Å². The Labute approximate surface area is 254 Å². The maximum absolute atomic E-state index is 13.9. The highest BCUT2D eigenvalue weighted by molar-refractivity contribution is 7.89. The minimum atomic E-state index is -4.03. The van der Waals surface area contributed by atoms with Crippen molar-refractivity contribution >= 4 is 16.1 Å². The van der Waals surface area contributed by atoms with Crippen molar-refractivity contribution in [1.29, 1.82) is 0 Å². The first kappa shape index (κ1) is 32.3. The molecule has 9 nitrogen and oxygen atoms in total. The maximum Gasteiger partial charge on any atom is 0.407 e. The Bertz CT molecular complexity index is 1420. The van der Waals surface area contributed by atoms with Crippen molar-refractivity contribution in [1.82, 2.24) is 14.6 Å². The first-order valence-corrected chi connectivity index (χ1v) is 16.2. The lowest BCUT2D eigenvalue weighted by Crippen LogP contribution is -2.50. The Morgan fingerprint density at radius 2 is 1.77 bits per heavy atom. The molecule has 3 N–H and O–H groups in total. The summed E-state index contributed by atoms with van der Waals surface area (Å²) in [5.74, 6) is 0. The molecule has 1 aliphatic rings. The number of aliphatic hydroxyl groups is 2. The summed E-state index contributed by atoms with van der Waals surface area (Å²) in [5, 5.41) is 24.9. The lowest BCUT2D eigenvalue weighted by molar-refractivity contribution is 0.0886. The summed E-state index contributed by atoms with van der Waals surface area (Å²) in [6, 6.07) is 18.5. The van der Waals surface area contributed by atoms with E-state index in [1.807, 2.05) is 30.3 Å². The van der Waals surface area contributed by atoms with Crippen molar-refractivity contribution in [3.8, 4) is 0 Å². The largest absolute Gasteiger partial charge is 0.445 e. The van der Waals surface area contributed by atoms with E-state index in [0.29, 0.717) is 24.0 Å². The van der Waals surface area contributed by atoms with E-state index in [9.17, 15) is 23.4 Å². The van der Waals surface area contributed by atoms with Gasteiger partial charge in [0.1, 0.15) is 6.61 Å². The number of aromatic nitrogens is 1. The second-order valence-electron chi connectivity index (χ2n) is 10.8. The van der Waals surface area contributed by atoms with Crippen LogP contribution in [-0.4, -0.2) is 59.2 Å². The van der Waals surface area contributed by atoms with Gasteiger partial charge in [-0.05, 0) is 74.3 Å². The molecule has 1 amide bonds. The lowest BCUT2D eigenvalue weighted by atomic mass is 10.0. The number of rotatable bonds is 8. The average molecular weight is 608 g/mol. The van der Waals surface area contributed by atoms with Crippen LogP contribution in [0.1, 0.15) is 61.3 Å². The summed E-state index contributed by atoms with van der Waals surface area (Å²) in [6.07, 6.45) is 9.33. The third kappa shape index (κ3) is 10.00. The number of fused-ring (bicyclic) bond motifs is 2. The summed E-state index contributed by atoms with van der Waals surface area (Å²) in [6.45, 7) is -0.0279. The van der Waals surface area contributed by atoms with Crippen molar-refractivity contribution in [3.05, 3.63) is 108 Å². The van der Waals surface area contributed by atoms with Crippen LogP contribution in [0.5, 0.6) is 0 Å². The van der Waals surface area contributed by atoms with Crippen LogP contribution in [0.4, 0.5) is 4.79 Å². The standard InChI is InChI=1S/C33H41N3O6S/c37-31-18-9-4-2-1-3-5-10-20-36(43(40,41)29-17-11-16-28(31)22-29)24-32(38)30(21-26-13-7-6-8-14-26)35-33(39)42-25-27-15-12-19-34-23-27/h1-2,6-8,11-17,19,22-23,30-32,37-38H,3-5,9-10,18,20-21,24-25H2,(H,35,39)/b2-1+/t30-,31?,32+/m0/s1. The first-order chi connectivity index (χ1) is 20.8. The van der Waals surface area contributed by atoms with Crippen molar-refractivity contribution < 1.29 is 28.2 Å². The molecular weight excluding hydrogens is 566 g/mol. The van der Waals surface area contributed by atoms with Crippen LogP contribution < -0.4 is 5.32 Å². The Morgan fingerprint density at radius 3 is 2.53 bits per heavy atom. The molecule has 3 atom stereocenters. The number of allylic oxidation sites excluding steroid dienone is 2. The van der Waals surface area contributed by atoms with Crippen LogP contribution >= 0.6 is 0 Å². The summed E-state index contributed by atoms with van der Waals surface area (Å²) in [7, 11) is -4.03. The topological polar surface area (TPSA) is 129 Å². The van der Waals surface area contributed by atoms with Gasteiger partial charge < -0.3 is 20.3 Å². The fourth-order valence-corrected chi connectivity index (χ4v) is 6.59. The number of carbonyl (C=O) groups is 1. The van der Waals surface area contributed by atoms with Crippen LogP contribution in [0.15, 0.2) is 96.2 Å². The first-order valence-electron chi connectivity index (χ1n) is 14.8. The minimum absolute atomic E-state index is 0.00493. The number of hydrogen-bond donors (Lipinski definition) is 3. The number of aliphatic hydroxyl groups excluding tert-OH is 2. The molecule has 0 aliphatic carbocycles. The van der Waals surface area contributed by atoms with E-state index in [0.717, 1.165) is 31.2 Å². The SMILES string of the molecule is O=C(N[C@@H](Cc1ccccc1)[C@H](O)CN1CCCC/C=C/CCCC(O)c2cccc(c2)S1(=O)=O)OCc1cccnc1. The van der Waals surface area contributed by atoms with E-state index >= 15 is 0 Å². The Hall–Kier alpha value is -3.57. The number of amides is 1. The van der Waals surface area contributed by atoms with Crippen molar-refractivity contribution in [2.45, 2.75) is 74.7 Å². The third-order valence-electron chi connectivity index (χ3n) is 7.47. The predicted octanol–water partition coefficient (Wildman–Crippen LogP) is 4.91. The Morgan fingerprint density at radius 1 is 1.00 bits per heavy atom. The number of alkyl carbamates (subject to hydrolysis) is 1. The lowest BCUT2D eigenvalue weighted by Gasteiger charge is -2.30. The van der Waals surface area contributed by atoms with Crippen LogP contribution in [0.25, 0.3) is 0 Å². The Balaban J connectivity index is 1.55. The van der Waals surface area contributed by atoms with Gasteiger partial charge in [-0.3, -0.25) is 4.98 Å². The quantitative estimate of drug-likeness (QED) is 0.310. The summed E-state index contributed by atoms with van der Waals surface area (Å²) >= 11 is 0. The number of carbonyl (C=O) groups excluding carboxylic acids is 1. The molecule has 230 valence electrons. The number of sulfonamides is 1. The van der Waals surface area contributed by atoms with E-state index in [-0.39, 0.29) is 31.0 Å². The zero-order chi connectivity index (χ0) is 30.5. The minimum Gasteiger partial charge on any atom is -0.445 e. The van der Waals surface area contributed by atoms with Gasteiger partial charge in [0.2, 0.25) is 10.0 Å². The van der Waals surface area contributed by atoms with Gasteiger partial charge in [-0.1, -0.05) is 60.7 Å². The predicted molar refractivity (Wildman–Crippen MR) is 165 cm³/mol. The van der Waals surface area contributed by atoms with Gasteiger partial charge in [-0.15, -0.1) is 0 Å². The number of hydrogen-bond acceptors (Lipinski definition) is 7. The van der Waals surface area contributed by atoms with Crippen molar-refractivity contribution in [2.75, 3.05) is 13.1 Å². The molecule has 43 heavy (non-hydrogen) atoms. The highest BCUT2D eigenvalue weighted by Crippen LogP contribution is 2.25. The molecule has 4 rings (SSSR count). The molecule has 1 aliphatic heterocycles. The molecule has 2 bridgehead atoms. The number of nitrogens with one attached hydrogen (secondary N) is 1. The zero-order valence-electron chi connectivity index (χ0n) is 24.3. The van der Waals surface area contributed by atoms with Gasteiger partial charge in [-0.25, -0.2) is 13.2 Å². The fourth-order valence-electron chi connectivity index (χ4n) is 5.04. The zero-order valence-corrected chi connectivity index (χ0v) is 25.1. The van der Waals surface area contributed by atoms with Crippen LogP contribution in [-0.2, 0) is 27.8 Å². The summed E-state index contributed by atoms with van der Waals surface area (Å²) in [4.78, 5) is 16.9. The van der Waals surface area contributed by atoms with Gasteiger partial charge in [0.05, 0.1) is 23.1 Å². The van der Waals surface area contributed by atoms with E-state index in [1.54, 1.807) is 36.7 Å². The molecule has 0 radical (unpaired) electrons. The molecule has 2 heterocycles. The second kappa shape index (κ2) is 16.3. The molecule has 3 aromatic rings. The highest BCUT2D eigenvalue weighted by atomic mass is 32.2. The fraction of sp³-hybridized carbons (Fsp3) is 0.394. The molecule has 0 saturated carbocycles. The molecule has 0 spiro atoms. The molecule has 1 unspecified atom stereocenters. The van der Waals surface area contributed by atoms with Gasteiger partial charge in [0.25, 0.3) is 0 Å². The number of nitrogens with zero attached hydrogens (tertiary/aromatic N) is 2. The molecule has 10 heteroatoms.